The molecule has 66 valence electrons. The third-order valence-electron chi connectivity index (χ3n) is 1.69. The van der Waals surface area contributed by atoms with E-state index in [1.807, 2.05) is 6.07 Å². The Morgan fingerprint density at radius 2 is 1.92 bits per heavy atom. The van der Waals surface area contributed by atoms with Crippen molar-refractivity contribution < 1.29 is 0 Å². The molecule has 0 fully saturated rings. The maximum absolute atomic E-state index is 11.3. The Kier molecular flexibility index (Phi) is 2.21. The lowest BCUT2D eigenvalue weighted by molar-refractivity contribution is 1.06. The number of halogens is 2. The van der Waals surface area contributed by atoms with Crippen molar-refractivity contribution in [1.82, 2.24) is 10.2 Å². The first-order chi connectivity index (χ1) is 6.18. The number of nitrogens with one attached hydrogen (secondary N) is 1. The molecular formula is C8H4Br2N2O. The minimum absolute atomic E-state index is 0.0815. The maximum Gasteiger partial charge on any atom is 0.207 e. The molecule has 0 atom stereocenters. The van der Waals surface area contributed by atoms with Gasteiger partial charge in [0.2, 0.25) is 5.43 Å². The normalized spacial score (nSPS) is 10.6. The van der Waals surface area contributed by atoms with Crippen LogP contribution in [-0.4, -0.2) is 10.2 Å². The van der Waals surface area contributed by atoms with Gasteiger partial charge in [-0.1, -0.05) is 0 Å². The van der Waals surface area contributed by atoms with E-state index in [2.05, 4.69) is 42.1 Å². The Morgan fingerprint density at radius 3 is 2.69 bits per heavy atom. The number of hydrogen-bond donors (Lipinski definition) is 1. The van der Waals surface area contributed by atoms with Crippen LogP contribution in [0.25, 0.3) is 10.9 Å². The number of benzene rings is 1. The lowest BCUT2D eigenvalue weighted by Crippen LogP contribution is -2.02. The largest absolute Gasteiger partial charge is 0.287 e. The second-order valence-electron chi connectivity index (χ2n) is 2.55. The highest BCUT2D eigenvalue weighted by Gasteiger charge is 2.02. The van der Waals surface area contributed by atoms with Crippen LogP contribution in [0.3, 0.4) is 0 Å². The molecule has 1 heterocycles. The van der Waals surface area contributed by atoms with E-state index in [-0.39, 0.29) is 5.43 Å². The molecule has 5 heteroatoms. The van der Waals surface area contributed by atoms with Crippen molar-refractivity contribution in [2.75, 3.05) is 0 Å². The van der Waals surface area contributed by atoms with Crippen molar-refractivity contribution in [3.63, 3.8) is 0 Å². The van der Waals surface area contributed by atoms with Crippen molar-refractivity contribution in [1.29, 1.82) is 0 Å². The van der Waals surface area contributed by atoms with Crippen LogP contribution in [0.2, 0.25) is 0 Å². The van der Waals surface area contributed by atoms with Crippen LogP contribution in [0.4, 0.5) is 0 Å². The molecule has 0 aliphatic rings. The summed E-state index contributed by atoms with van der Waals surface area (Å²) < 4.78 is 1.75. The molecule has 0 saturated heterocycles. The van der Waals surface area contributed by atoms with Gasteiger partial charge in [-0.15, -0.1) is 0 Å². The van der Waals surface area contributed by atoms with Gasteiger partial charge in [-0.05, 0) is 44.0 Å². The van der Waals surface area contributed by atoms with E-state index in [0.29, 0.717) is 5.39 Å². The molecule has 1 aromatic carbocycles. The van der Waals surface area contributed by atoms with Gasteiger partial charge in [-0.25, -0.2) is 0 Å². The summed E-state index contributed by atoms with van der Waals surface area (Å²) in [5.41, 5.74) is 0.643. The molecule has 0 bridgehead atoms. The number of aromatic nitrogens is 2. The van der Waals surface area contributed by atoms with Crippen LogP contribution in [0.5, 0.6) is 0 Å². The lowest BCUT2D eigenvalue weighted by atomic mass is 10.2. The molecule has 1 aromatic heterocycles. The third kappa shape index (κ3) is 1.53. The summed E-state index contributed by atoms with van der Waals surface area (Å²) >= 11 is 6.67. The molecule has 1 N–H and O–H groups in total. The van der Waals surface area contributed by atoms with Gasteiger partial charge < -0.3 is 0 Å². The number of fused-ring (bicyclic) bond motifs is 1. The van der Waals surface area contributed by atoms with E-state index >= 15 is 0 Å². The van der Waals surface area contributed by atoms with E-state index in [9.17, 15) is 4.79 Å². The first kappa shape index (κ1) is 8.90. The fourth-order valence-corrected chi connectivity index (χ4v) is 1.76. The quantitative estimate of drug-likeness (QED) is 0.812. The molecule has 0 aliphatic carbocycles. The Hall–Kier alpha value is -0.680. The predicted octanol–water partition coefficient (Wildman–Crippen LogP) is 2.45. The van der Waals surface area contributed by atoms with Gasteiger partial charge in [-0.3, -0.25) is 9.89 Å². The summed E-state index contributed by atoms with van der Waals surface area (Å²) in [6.45, 7) is 0. The Balaban J connectivity index is 2.97. The topological polar surface area (TPSA) is 45.8 Å². The molecule has 0 aliphatic heterocycles. The van der Waals surface area contributed by atoms with Crippen molar-refractivity contribution in [2.45, 2.75) is 0 Å². The number of aromatic amines is 1. The zero-order valence-electron chi connectivity index (χ0n) is 6.34. The van der Waals surface area contributed by atoms with Gasteiger partial charge >= 0.3 is 0 Å². The predicted molar refractivity (Wildman–Crippen MR) is 57.8 cm³/mol. The lowest BCUT2D eigenvalue weighted by Gasteiger charge is -1.99. The van der Waals surface area contributed by atoms with E-state index in [0.717, 1.165) is 14.5 Å². The Morgan fingerprint density at radius 1 is 1.23 bits per heavy atom. The van der Waals surface area contributed by atoms with Crippen LogP contribution in [0.15, 0.2) is 32.1 Å². The van der Waals surface area contributed by atoms with Crippen LogP contribution in [0, 0.1) is 0 Å². The van der Waals surface area contributed by atoms with Gasteiger partial charge in [-0.2, -0.15) is 5.10 Å². The van der Waals surface area contributed by atoms with E-state index < -0.39 is 0 Å². The SMILES string of the molecule is O=c1cn[nH]c2cc(Br)c(Br)cc12. The maximum atomic E-state index is 11.3. The molecule has 13 heavy (non-hydrogen) atoms. The fourth-order valence-electron chi connectivity index (χ4n) is 1.07. The molecule has 0 spiro atoms. The van der Waals surface area contributed by atoms with Crippen LogP contribution >= 0.6 is 31.9 Å². The number of H-pyrrole nitrogens is 1. The average molecular weight is 304 g/mol. The summed E-state index contributed by atoms with van der Waals surface area (Å²) in [6.07, 6.45) is 1.27. The minimum Gasteiger partial charge on any atom is -0.287 e. The highest BCUT2D eigenvalue weighted by molar-refractivity contribution is 9.13. The van der Waals surface area contributed by atoms with Gasteiger partial charge in [0.15, 0.2) is 0 Å². The summed E-state index contributed by atoms with van der Waals surface area (Å²) in [5.74, 6) is 0. The number of nitrogens with zero attached hydrogens (tertiary/aromatic N) is 1. The van der Waals surface area contributed by atoms with Crippen LogP contribution in [0.1, 0.15) is 0 Å². The zero-order chi connectivity index (χ0) is 9.42. The fraction of sp³-hybridized carbons (Fsp3) is 0. The van der Waals surface area contributed by atoms with Crippen molar-refractivity contribution in [3.8, 4) is 0 Å². The summed E-state index contributed by atoms with van der Waals surface area (Å²) in [7, 11) is 0. The number of hydrogen-bond acceptors (Lipinski definition) is 2. The van der Waals surface area contributed by atoms with E-state index in [1.165, 1.54) is 6.20 Å². The van der Waals surface area contributed by atoms with E-state index in [4.69, 9.17) is 0 Å². The number of rotatable bonds is 0. The molecular weight excluding hydrogens is 300 g/mol. The van der Waals surface area contributed by atoms with Crippen molar-refractivity contribution in [2.24, 2.45) is 0 Å². The van der Waals surface area contributed by atoms with Crippen LogP contribution < -0.4 is 5.43 Å². The average Bonchev–Trinajstić information content (AvgIpc) is 2.09. The second kappa shape index (κ2) is 3.23. The Labute approximate surface area is 90.4 Å². The third-order valence-corrected chi connectivity index (χ3v) is 3.54. The molecule has 0 radical (unpaired) electrons. The van der Waals surface area contributed by atoms with Crippen LogP contribution in [-0.2, 0) is 0 Å². The molecule has 2 aromatic rings. The van der Waals surface area contributed by atoms with Crippen molar-refractivity contribution in [3.05, 3.63) is 37.5 Å². The highest BCUT2D eigenvalue weighted by atomic mass is 79.9. The molecule has 2 rings (SSSR count). The minimum atomic E-state index is -0.0815. The molecule has 3 nitrogen and oxygen atoms in total. The van der Waals surface area contributed by atoms with Gasteiger partial charge in [0.1, 0.15) is 0 Å². The van der Waals surface area contributed by atoms with Crippen molar-refractivity contribution >= 4 is 42.8 Å². The second-order valence-corrected chi connectivity index (χ2v) is 4.25. The molecule has 0 unspecified atom stereocenters. The standard InChI is InChI=1S/C8H4Br2N2O/c9-5-1-4-7(2-6(5)10)12-11-3-8(4)13/h1-3H,(H,12,13). The monoisotopic (exact) mass is 302 g/mol. The van der Waals surface area contributed by atoms with E-state index in [1.54, 1.807) is 6.07 Å². The Bertz CT molecular complexity index is 521. The first-order valence-electron chi connectivity index (χ1n) is 3.51. The molecule has 0 amide bonds. The van der Waals surface area contributed by atoms with Gasteiger partial charge in [0.25, 0.3) is 0 Å². The summed E-state index contributed by atoms with van der Waals surface area (Å²) in [6, 6.07) is 3.58. The first-order valence-corrected chi connectivity index (χ1v) is 5.09. The van der Waals surface area contributed by atoms with Gasteiger partial charge in [0.05, 0.1) is 11.7 Å². The highest BCUT2D eigenvalue weighted by Crippen LogP contribution is 2.25. The van der Waals surface area contributed by atoms with Gasteiger partial charge in [0, 0.05) is 14.3 Å². The smallest absolute Gasteiger partial charge is 0.207 e. The summed E-state index contributed by atoms with van der Waals surface area (Å²) in [4.78, 5) is 11.3. The summed E-state index contributed by atoms with van der Waals surface area (Å²) in [5, 5.41) is 7.10. The zero-order valence-corrected chi connectivity index (χ0v) is 9.52. The molecule has 0 saturated carbocycles.